The number of ether oxygens (including phenoxy) is 1. The average molecular weight is 321 g/mol. The van der Waals surface area contributed by atoms with E-state index in [9.17, 15) is 9.90 Å². The number of amides is 1. The van der Waals surface area contributed by atoms with Crippen molar-refractivity contribution in [1.29, 1.82) is 0 Å². The lowest BCUT2D eigenvalue weighted by atomic mass is 10.2. The van der Waals surface area contributed by atoms with Gasteiger partial charge < -0.3 is 19.6 Å². The van der Waals surface area contributed by atoms with E-state index in [-0.39, 0.29) is 5.91 Å². The first-order valence-electron chi connectivity index (χ1n) is 7.39. The summed E-state index contributed by atoms with van der Waals surface area (Å²) in [5.74, 6) is 1.10. The lowest BCUT2D eigenvalue weighted by molar-refractivity contribution is 0.0937. The van der Waals surface area contributed by atoms with Gasteiger partial charge in [0, 0.05) is 17.0 Å². The summed E-state index contributed by atoms with van der Waals surface area (Å²) in [5, 5.41) is 12.8. The maximum absolute atomic E-state index is 12.3. The molecule has 22 heavy (non-hydrogen) atoms. The van der Waals surface area contributed by atoms with Crippen LogP contribution in [0.5, 0.6) is 5.75 Å². The van der Waals surface area contributed by atoms with Gasteiger partial charge in [-0.2, -0.15) is 0 Å². The molecule has 2 N–H and O–H groups in total. The molecule has 5 nitrogen and oxygen atoms in total. The van der Waals surface area contributed by atoms with Crippen LogP contribution in [0.1, 0.15) is 44.8 Å². The summed E-state index contributed by atoms with van der Waals surface area (Å²) in [5.41, 5.74) is 1.19. The van der Waals surface area contributed by atoms with Crippen LogP contribution in [-0.2, 0) is 12.8 Å². The minimum atomic E-state index is -0.703. The van der Waals surface area contributed by atoms with E-state index in [0.29, 0.717) is 23.6 Å². The van der Waals surface area contributed by atoms with E-state index in [1.165, 1.54) is 28.0 Å². The Balaban J connectivity index is 1.58. The van der Waals surface area contributed by atoms with Gasteiger partial charge in [0.2, 0.25) is 0 Å². The van der Waals surface area contributed by atoms with E-state index in [2.05, 4.69) is 5.32 Å². The molecule has 1 aliphatic rings. The third kappa shape index (κ3) is 2.89. The summed E-state index contributed by atoms with van der Waals surface area (Å²) in [7, 11) is 1.61. The molecule has 0 saturated heterocycles. The molecule has 0 aromatic carbocycles. The van der Waals surface area contributed by atoms with E-state index in [1.807, 2.05) is 0 Å². The zero-order valence-electron chi connectivity index (χ0n) is 12.4. The van der Waals surface area contributed by atoms with Gasteiger partial charge in [0.05, 0.1) is 13.4 Å². The normalized spacial score (nSPS) is 14.6. The van der Waals surface area contributed by atoms with Crippen LogP contribution < -0.4 is 10.1 Å². The standard InChI is InChI=1S/C16H19NO4S/c1-20-14-10-4-2-6-13(10)22-15(14)16(19)17-8-7-11(18)12-5-3-9-21-12/h3,5,9,11,18H,2,4,6-8H2,1H3,(H,17,19). The Kier molecular flexibility index (Phi) is 4.49. The molecular weight excluding hydrogens is 302 g/mol. The number of carbonyl (C=O) groups excluding carboxylic acids is 1. The van der Waals surface area contributed by atoms with Gasteiger partial charge in [-0.25, -0.2) is 0 Å². The van der Waals surface area contributed by atoms with E-state index in [0.717, 1.165) is 25.0 Å². The summed E-state index contributed by atoms with van der Waals surface area (Å²) in [6.45, 7) is 0.381. The molecule has 1 unspecified atom stereocenters. The summed E-state index contributed by atoms with van der Waals surface area (Å²) in [6.07, 6.45) is 4.38. The fourth-order valence-electron chi connectivity index (χ4n) is 2.77. The lowest BCUT2D eigenvalue weighted by Crippen LogP contribution is -2.25. The Morgan fingerprint density at radius 1 is 1.55 bits per heavy atom. The fraction of sp³-hybridized carbons (Fsp3) is 0.438. The molecule has 1 atom stereocenters. The lowest BCUT2D eigenvalue weighted by Gasteiger charge is -2.09. The van der Waals surface area contributed by atoms with Gasteiger partial charge in [-0.05, 0) is 37.8 Å². The molecule has 2 heterocycles. The van der Waals surface area contributed by atoms with E-state index < -0.39 is 6.10 Å². The summed E-state index contributed by atoms with van der Waals surface area (Å²) >= 11 is 1.52. The van der Waals surface area contributed by atoms with Crippen molar-refractivity contribution in [1.82, 2.24) is 5.32 Å². The number of fused-ring (bicyclic) bond motifs is 1. The molecule has 0 spiro atoms. The number of rotatable bonds is 6. The van der Waals surface area contributed by atoms with Gasteiger partial charge in [-0.1, -0.05) is 0 Å². The van der Waals surface area contributed by atoms with Gasteiger partial charge in [-0.15, -0.1) is 11.3 Å². The largest absolute Gasteiger partial charge is 0.495 e. The Morgan fingerprint density at radius 2 is 2.41 bits per heavy atom. The maximum atomic E-state index is 12.3. The first-order chi connectivity index (χ1) is 10.7. The number of furan rings is 1. The van der Waals surface area contributed by atoms with Crippen LogP contribution in [0.4, 0.5) is 0 Å². The molecule has 0 bridgehead atoms. The molecule has 1 aliphatic carbocycles. The molecule has 2 aromatic heterocycles. The maximum Gasteiger partial charge on any atom is 0.265 e. The first kappa shape index (κ1) is 15.1. The van der Waals surface area contributed by atoms with Crippen LogP contribution >= 0.6 is 11.3 Å². The predicted octanol–water partition coefficient (Wildman–Crippen LogP) is 2.69. The number of methoxy groups -OCH3 is 1. The third-order valence-electron chi connectivity index (χ3n) is 3.86. The second-order valence-electron chi connectivity index (χ2n) is 5.30. The topological polar surface area (TPSA) is 71.7 Å². The Bertz CT molecular complexity index is 647. The first-order valence-corrected chi connectivity index (χ1v) is 8.20. The number of hydrogen-bond acceptors (Lipinski definition) is 5. The Morgan fingerprint density at radius 3 is 3.14 bits per heavy atom. The highest BCUT2D eigenvalue weighted by Gasteiger charge is 2.26. The van der Waals surface area contributed by atoms with Crippen molar-refractivity contribution in [2.24, 2.45) is 0 Å². The Labute approximate surface area is 132 Å². The van der Waals surface area contributed by atoms with Crippen LogP contribution in [0.2, 0.25) is 0 Å². The number of aliphatic hydroxyl groups excluding tert-OH is 1. The van der Waals surface area contributed by atoms with Crippen molar-refractivity contribution in [3.8, 4) is 5.75 Å². The zero-order valence-corrected chi connectivity index (χ0v) is 13.2. The number of thiophene rings is 1. The van der Waals surface area contributed by atoms with Crippen molar-refractivity contribution < 1.29 is 19.1 Å². The van der Waals surface area contributed by atoms with E-state index >= 15 is 0 Å². The number of carbonyl (C=O) groups is 1. The number of hydrogen-bond donors (Lipinski definition) is 2. The van der Waals surface area contributed by atoms with Gasteiger partial charge in [-0.3, -0.25) is 4.79 Å². The quantitative estimate of drug-likeness (QED) is 0.858. The minimum Gasteiger partial charge on any atom is -0.495 e. The van der Waals surface area contributed by atoms with Gasteiger partial charge >= 0.3 is 0 Å². The molecule has 0 radical (unpaired) electrons. The summed E-state index contributed by atoms with van der Waals surface area (Å²) in [6, 6.07) is 3.45. The molecule has 6 heteroatoms. The molecule has 118 valence electrons. The van der Waals surface area contributed by atoms with Crippen molar-refractivity contribution in [3.05, 3.63) is 39.5 Å². The molecular formula is C16H19NO4S. The second-order valence-corrected chi connectivity index (χ2v) is 6.40. The molecule has 3 rings (SSSR count). The van der Waals surface area contributed by atoms with Crippen molar-refractivity contribution >= 4 is 17.2 Å². The van der Waals surface area contributed by atoms with Gasteiger partial charge in [0.25, 0.3) is 5.91 Å². The van der Waals surface area contributed by atoms with Crippen LogP contribution in [0.15, 0.2) is 22.8 Å². The van der Waals surface area contributed by atoms with Crippen LogP contribution in [0.25, 0.3) is 0 Å². The third-order valence-corrected chi connectivity index (χ3v) is 5.13. The van der Waals surface area contributed by atoms with Crippen LogP contribution in [0.3, 0.4) is 0 Å². The summed E-state index contributed by atoms with van der Waals surface area (Å²) < 4.78 is 10.6. The minimum absolute atomic E-state index is 0.136. The second kappa shape index (κ2) is 6.54. The average Bonchev–Trinajstić information content (AvgIpc) is 3.22. The van der Waals surface area contributed by atoms with Crippen molar-refractivity contribution in [2.45, 2.75) is 31.8 Å². The predicted molar refractivity (Wildman–Crippen MR) is 83.5 cm³/mol. The van der Waals surface area contributed by atoms with Crippen LogP contribution in [0, 0.1) is 0 Å². The SMILES string of the molecule is COc1c(C(=O)NCCC(O)c2ccco2)sc2c1CCC2. The highest BCUT2D eigenvalue weighted by atomic mass is 32.1. The fourth-order valence-corrected chi connectivity index (χ4v) is 4.04. The zero-order chi connectivity index (χ0) is 15.5. The Hall–Kier alpha value is -1.79. The van der Waals surface area contributed by atoms with E-state index in [4.69, 9.17) is 9.15 Å². The highest BCUT2D eigenvalue weighted by Crippen LogP contribution is 2.40. The molecule has 0 saturated carbocycles. The van der Waals surface area contributed by atoms with Crippen molar-refractivity contribution in [2.75, 3.05) is 13.7 Å². The van der Waals surface area contributed by atoms with E-state index in [1.54, 1.807) is 19.2 Å². The van der Waals surface area contributed by atoms with Crippen LogP contribution in [-0.4, -0.2) is 24.7 Å². The molecule has 0 aliphatic heterocycles. The van der Waals surface area contributed by atoms with Gasteiger partial charge in [0.1, 0.15) is 22.5 Å². The number of nitrogens with one attached hydrogen (secondary N) is 1. The monoisotopic (exact) mass is 321 g/mol. The number of aryl methyl sites for hydroxylation is 1. The smallest absolute Gasteiger partial charge is 0.265 e. The highest BCUT2D eigenvalue weighted by molar-refractivity contribution is 7.14. The summed E-state index contributed by atoms with van der Waals surface area (Å²) in [4.78, 5) is 14.2. The van der Waals surface area contributed by atoms with Crippen molar-refractivity contribution in [3.63, 3.8) is 0 Å². The van der Waals surface area contributed by atoms with Gasteiger partial charge in [0.15, 0.2) is 0 Å². The number of aliphatic hydroxyl groups is 1. The molecule has 1 amide bonds. The molecule has 2 aromatic rings. The molecule has 0 fully saturated rings.